The zero-order valence-corrected chi connectivity index (χ0v) is 13.1. The molecule has 0 spiro atoms. The molecule has 17 heavy (non-hydrogen) atoms. The molecule has 0 amide bonds. The highest BCUT2D eigenvalue weighted by Gasteiger charge is 2.49. The summed E-state index contributed by atoms with van der Waals surface area (Å²) in [6.07, 6.45) is 8.63. The van der Waals surface area contributed by atoms with Gasteiger partial charge in [-0.2, -0.15) is 0 Å². The van der Waals surface area contributed by atoms with Crippen LogP contribution in [0.3, 0.4) is 0 Å². The van der Waals surface area contributed by atoms with Crippen molar-refractivity contribution in [1.82, 2.24) is 0 Å². The molecule has 0 bridgehead atoms. The van der Waals surface area contributed by atoms with Crippen molar-refractivity contribution in [2.24, 2.45) is 29.1 Å². The first-order valence-corrected chi connectivity index (χ1v) is 7.92. The Morgan fingerprint density at radius 1 is 1.18 bits per heavy atom. The summed E-state index contributed by atoms with van der Waals surface area (Å²) in [7, 11) is 0. The van der Waals surface area contributed by atoms with Crippen molar-refractivity contribution in [3.63, 3.8) is 0 Å². The van der Waals surface area contributed by atoms with Gasteiger partial charge in [-0.05, 0) is 41.9 Å². The van der Waals surface area contributed by atoms with Crippen LogP contribution in [0.4, 0.5) is 0 Å². The van der Waals surface area contributed by atoms with Crippen LogP contribution in [0.1, 0.15) is 80.1 Å². The molecule has 0 aliphatic heterocycles. The Hall–Kier alpha value is 0. The smallest absolute Gasteiger partial charge is 0.0249 e. The van der Waals surface area contributed by atoms with Crippen molar-refractivity contribution in [2.75, 3.05) is 0 Å². The summed E-state index contributed by atoms with van der Waals surface area (Å²) in [5, 5.41) is 0. The molecule has 0 aromatic rings. The van der Waals surface area contributed by atoms with Crippen LogP contribution in [0.5, 0.6) is 0 Å². The maximum atomic E-state index is 2.53. The minimum atomic E-state index is 0.629. The Labute approximate surface area is 110 Å². The molecular formula is C17H34. The van der Waals surface area contributed by atoms with Gasteiger partial charge in [-0.3, -0.25) is 0 Å². The molecule has 0 heterocycles. The lowest BCUT2D eigenvalue weighted by Crippen LogP contribution is -2.49. The monoisotopic (exact) mass is 238 g/mol. The van der Waals surface area contributed by atoms with Crippen molar-refractivity contribution in [3.8, 4) is 0 Å². The number of hydrogen-bond donors (Lipinski definition) is 0. The van der Waals surface area contributed by atoms with Gasteiger partial charge in [-0.15, -0.1) is 0 Å². The molecule has 0 radical (unpaired) electrons. The minimum absolute atomic E-state index is 0.629. The van der Waals surface area contributed by atoms with Gasteiger partial charge in [0.2, 0.25) is 0 Å². The average Bonchev–Trinajstić information content (AvgIpc) is 2.30. The molecular weight excluding hydrogens is 204 g/mol. The van der Waals surface area contributed by atoms with Crippen molar-refractivity contribution >= 4 is 0 Å². The first-order valence-electron chi connectivity index (χ1n) is 7.92. The van der Waals surface area contributed by atoms with Gasteiger partial charge in [0.15, 0.2) is 0 Å². The average molecular weight is 238 g/mol. The molecule has 0 N–H and O–H groups in total. The molecule has 0 saturated heterocycles. The van der Waals surface area contributed by atoms with Crippen LogP contribution in [0.2, 0.25) is 0 Å². The zero-order chi connectivity index (χ0) is 13.1. The van der Waals surface area contributed by atoms with E-state index in [0.29, 0.717) is 5.41 Å². The first-order chi connectivity index (χ1) is 7.92. The van der Waals surface area contributed by atoms with E-state index in [9.17, 15) is 0 Å². The van der Waals surface area contributed by atoms with Crippen LogP contribution in [0.25, 0.3) is 0 Å². The fourth-order valence-corrected chi connectivity index (χ4v) is 3.83. The molecule has 1 saturated carbocycles. The molecule has 1 aliphatic rings. The summed E-state index contributed by atoms with van der Waals surface area (Å²) in [6, 6.07) is 0. The van der Waals surface area contributed by atoms with Crippen molar-refractivity contribution in [3.05, 3.63) is 0 Å². The van der Waals surface area contributed by atoms with Gasteiger partial charge in [0.05, 0.1) is 0 Å². The summed E-state index contributed by atoms with van der Waals surface area (Å²) in [5.74, 6) is 3.74. The van der Waals surface area contributed by atoms with Crippen LogP contribution in [-0.2, 0) is 0 Å². The van der Waals surface area contributed by atoms with Crippen LogP contribution < -0.4 is 0 Å². The maximum Gasteiger partial charge on any atom is -0.0249 e. The van der Waals surface area contributed by atoms with E-state index in [4.69, 9.17) is 0 Å². The lowest BCUT2D eigenvalue weighted by Gasteiger charge is -2.56. The highest BCUT2D eigenvalue weighted by atomic mass is 14.5. The van der Waals surface area contributed by atoms with E-state index in [1.165, 1.54) is 38.5 Å². The van der Waals surface area contributed by atoms with Gasteiger partial charge in [0, 0.05) is 0 Å². The molecule has 1 fully saturated rings. The Morgan fingerprint density at radius 2 is 1.82 bits per heavy atom. The molecule has 0 aromatic heterocycles. The van der Waals surface area contributed by atoms with Crippen molar-refractivity contribution in [2.45, 2.75) is 80.1 Å². The predicted molar refractivity (Wildman–Crippen MR) is 78.1 cm³/mol. The Balaban J connectivity index is 2.33. The second kappa shape index (κ2) is 6.25. The van der Waals surface area contributed by atoms with E-state index in [1.807, 2.05) is 0 Å². The van der Waals surface area contributed by atoms with E-state index in [-0.39, 0.29) is 0 Å². The Kier molecular flexibility index (Phi) is 5.54. The highest BCUT2D eigenvalue weighted by Crippen LogP contribution is 2.57. The largest absolute Gasteiger partial charge is 0.0654 e. The zero-order valence-electron chi connectivity index (χ0n) is 13.1. The molecule has 0 nitrogen and oxygen atoms in total. The third-order valence-corrected chi connectivity index (χ3v) is 5.88. The second-order valence-corrected chi connectivity index (χ2v) is 7.18. The van der Waals surface area contributed by atoms with Crippen molar-refractivity contribution in [1.29, 1.82) is 0 Å². The van der Waals surface area contributed by atoms with Crippen LogP contribution >= 0.6 is 0 Å². The normalized spacial score (nSPS) is 34.8. The number of rotatable bonds is 7. The summed E-state index contributed by atoms with van der Waals surface area (Å²) >= 11 is 0. The SMILES string of the molecule is CCCCC(C)CCC1CC(C)C1(C)C(C)C. The topological polar surface area (TPSA) is 0 Å². The molecule has 1 aliphatic carbocycles. The standard InChI is InChI=1S/C17H34/c1-7-8-9-14(4)10-11-16-12-15(5)17(16,6)13(2)3/h13-16H,7-12H2,1-6H3. The minimum Gasteiger partial charge on any atom is -0.0654 e. The lowest BCUT2D eigenvalue weighted by atomic mass is 9.49. The second-order valence-electron chi connectivity index (χ2n) is 7.18. The van der Waals surface area contributed by atoms with Gasteiger partial charge < -0.3 is 0 Å². The molecule has 4 unspecified atom stereocenters. The summed E-state index contributed by atoms with van der Waals surface area (Å²) in [5.41, 5.74) is 0.629. The van der Waals surface area contributed by atoms with Crippen LogP contribution in [-0.4, -0.2) is 0 Å². The van der Waals surface area contributed by atoms with Crippen LogP contribution in [0.15, 0.2) is 0 Å². The van der Waals surface area contributed by atoms with Gasteiger partial charge in [0.1, 0.15) is 0 Å². The molecule has 4 atom stereocenters. The van der Waals surface area contributed by atoms with Gasteiger partial charge in [-0.25, -0.2) is 0 Å². The first kappa shape index (κ1) is 15.1. The van der Waals surface area contributed by atoms with E-state index in [0.717, 1.165) is 23.7 Å². The third kappa shape index (κ3) is 3.26. The molecule has 1 rings (SSSR count). The van der Waals surface area contributed by atoms with Crippen molar-refractivity contribution < 1.29 is 0 Å². The third-order valence-electron chi connectivity index (χ3n) is 5.88. The van der Waals surface area contributed by atoms with Crippen LogP contribution in [0, 0.1) is 29.1 Å². The summed E-state index contributed by atoms with van der Waals surface area (Å²) in [4.78, 5) is 0. The fraction of sp³-hybridized carbons (Fsp3) is 1.00. The Bertz CT molecular complexity index is 211. The summed E-state index contributed by atoms with van der Waals surface area (Å²) < 4.78 is 0. The lowest BCUT2D eigenvalue weighted by molar-refractivity contribution is -0.0737. The Morgan fingerprint density at radius 3 is 2.29 bits per heavy atom. The van der Waals surface area contributed by atoms with E-state index >= 15 is 0 Å². The fourth-order valence-electron chi connectivity index (χ4n) is 3.83. The van der Waals surface area contributed by atoms with Gasteiger partial charge in [0.25, 0.3) is 0 Å². The number of hydrogen-bond acceptors (Lipinski definition) is 0. The quantitative estimate of drug-likeness (QED) is 0.517. The van der Waals surface area contributed by atoms with E-state index in [1.54, 1.807) is 0 Å². The van der Waals surface area contributed by atoms with Gasteiger partial charge >= 0.3 is 0 Å². The van der Waals surface area contributed by atoms with Gasteiger partial charge in [-0.1, -0.05) is 67.2 Å². The molecule has 0 heteroatoms. The van der Waals surface area contributed by atoms with E-state index < -0.39 is 0 Å². The maximum absolute atomic E-state index is 2.53. The summed E-state index contributed by atoms with van der Waals surface area (Å²) in [6.45, 7) is 14.6. The molecule has 102 valence electrons. The molecule has 0 aromatic carbocycles. The predicted octanol–water partition coefficient (Wildman–Crippen LogP) is 5.91. The highest BCUT2D eigenvalue weighted by molar-refractivity contribution is 4.99. The van der Waals surface area contributed by atoms with E-state index in [2.05, 4.69) is 41.5 Å². The number of unbranched alkanes of at least 4 members (excludes halogenated alkanes) is 1.